The Labute approximate surface area is 128 Å². The first-order valence-corrected chi connectivity index (χ1v) is 6.95. The number of nitrogens with zero attached hydrogens (tertiary/aromatic N) is 1. The topological polar surface area (TPSA) is 61.7 Å². The summed E-state index contributed by atoms with van der Waals surface area (Å²) in [6.45, 7) is 0. The lowest BCUT2D eigenvalue weighted by atomic mass is 10.1. The molecule has 4 nitrogen and oxygen atoms in total. The van der Waals surface area contributed by atoms with Gasteiger partial charge in [-0.25, -0.2) is 9.82 Å². The van der Waals surface area contributed by atoms with E-state index in [0.717, 1.165) is 5.56 Å². The zero-order chi connectivity index (χ0) is 15.8. The highest BCUT2D eigenvalue weighted by atomic mass is 19.1. The molecule has 0 radical (unpaired) electrons. The van der Waals surface area contributed by atoms with Crippen molar-refractivity contribution in [3.8, 4) is 0 Å². The molecule has 2 aromatic carbocycles. The summed E-state index contributed by atoms with van der Waals surface area (Å²) in [4.78, 5) is 11.6. The Morgan fingerprint density at radius 1 is 1.18 bits per heavy atom. The van der Waals surface area contributed by atoms with Crippen molar-refractivity contribution in [2.45, 2.75) is 18.9 Å². The van der Waals surface area contributed by atoms with Gasteiger partial charge in [0.25, 0.3) is 0 Å². The van der Waals surface area contributed by atoms with Crippen molar-refractivity contribution in [2.75, 3.05) is 0 Å². The van der Waals surface area contributed by atoms with Crippen molar-refractivity contribution < 1.29 is 14.3 Å². The summed E-state index contributed by atoms with van der Waals surface area (Å²) in [5.74, 6) is -0.607. The predicted molar refractivity (Wildman–Crippen MR) is 82.8 cm³/mol. The minimum absolute atomic E-state index is 0.164. The third-order valence-corrected chi connectivity index (χ3v) is 3.10. The molecule has 0 aliphatic rings. The number of hydrazone groups is 1. The third-order valence-electron chi connectivity index (χ3n) is 3.10. The second-order valence-corrected chi connectivity index (χ2v) is 4.81. The molecule has 0 aliphatic heterocycles. The zero-order valence-corrected chi connectivity index (χ0v) is 11.9. The van der Waals surface area contributed by atoms with Crippen LogP contribution in [-0.2, 0) is 4.79 Å². The average molecular weight is 300 g/mol. The summed E-state index contributed by atoms with van der Waals surface area (Å²) in [7, 11) is 0. The van der Waals surface area contributed by atoms with Gasteiger partial charge in [-0.05, 0) is 29.7 Å². The van der Waals surface area contributed by atoms with Crippen LogP contribution >= 0.6 is 0 Å². The van der Waals surface area contributed by atoms with Gasteiger partial charge in [0.1, 0.15) is 5.82 Å². The van der Waals surface area contributed by atoms with Gasteiger partial charge < -0.3 is 5.11 Å². The number of aliphatic hydroxyl groups is 1. The highest BCUT2D eigenvalue weighted by Gasteiger charge is 2.09. The van der Waals surface area contributed by atoms with Crippen LogP contribution in [0.5, 0.6) is 0 Å². The number of nitrogens with one attached hydrogen (secondary N) is 1. The van der Waals surface area contributed by atoms with Crippen LogP contribution in [0.15, 0.2) is 59.7 Å². The van der Waals surface area contributed by atoms with Crippen LogP contribution in [0.3, 0.4) is 0 Å². The Bertz CT molecular complexity index is 627. The van der Waals surface area contributed by atoms with Crippen LogP contribution in [-0.4, -0.2) is 17.2 Å². The van der Waals surface area contributed by atoms with Crippen molar-refractivity contribution in [1.29, 1.82) is 0 Å². The smallest absolute Gasteiger partial charge is 0.240 e. The van der Waals surface area contributed by atoms with Gasteiger partial charge in [-0.3, -0.25) is 4.79 Å². The first-order valence-electron chi connectivity index (χ1n) is 6.95. The molecule has 1 amide bonds. The molecule has 1 atom stereocenters. The molecule has 2 N–H and O–H groups in total. The first kappa shape index (κ1) is 15.9. The van der Waals surface area contributed by atoms with Gasteiger partial charge in [-0.2, -0.15) is 5.10 Å². The van der Waals surface area contributed by atoms with E-state index in [0.29, 0.717) is 12.0 Å². The summed E-state index contributed by atoms with van der Waals surface area (Å²) < 4.78 is 12.7. The predicted octanol–water partition coefficient (Wildman–Crippen LogP) is 2.79. The molecular weight excluding hydrogens is 283 g/mol. The first-order chi connectivity index (χ1) is 10.6. The minimum atomic E-state index is -0.673. The van der Waals surface area contributed by atoms with E-state index in [4.69, 9.17) is 0 Å². The molecule has 0 unspecified atom stereocenters. The molecule has 22 heavy (non-hydrogen) atoms. The van der Waals surface area contributed by atoms with E-state index >= 15 is 0 Å². The molecule has 0 aromatic heterocycles. The largest absolute Gasteiger partial charge is 0.388 e. The number of benzene rings is 2. The second-order valence-electron chi connectivity index (χ2n) is 4.81. The SMILES string of the molecule is O=C(CC[C@@H](O)c1ccccc1)N/N=C\c1ccc(F)cc1. The molecule has 0 saturated heterocycles. The van der Waals surface area contributed by atoms with E-state index in [1.165, 1.54) is 18.3 Å². The van der Waals surface area contributed by atoms with E-state index in [1.54, 1.807) is 12.1 Å². The van der Waals surface area contributed by atoms with Crippen molar-refractivity contribution in [2.24, 2.45) is 5.10 Å². The van der Waals surface area contributed by atoms with E-state index in [9.17, 15) is 14.3 Å². The lowest BCUT2D eigenvalue weighted by molar-refractivity contribution is -0.121. The van der Waals surface area contributed by atoms with E-state index < -0.39 is 6.10 Å². The van der Waals surface area contributed by atoms with Crippen LogP contribution in [0.1, 0.15) is 30.1 Å². The van der Waals surface area contributed by atoms with E-state index in [1.807, 2.05) is 30.3 Å². The summed E-state index contributed by atoms with van der Waals surface area (Å²) in [5.41, 5.74) is 3.85. The molecule has 0 saturated carbocycles. The number of halogens is 1. The second kappa shape index (κ2) is 8.05. The Balaban J connectivity index is 1.75. The zero-order valence-electron chi connectivity index (χ0n) is 11.9. The number of rotatable bonds is 6. The monoisotopic (exact) mass is 300 g/mol. The normalized spacial score (nSPS) is 12.3. The summed E-state index contributed by atoms with van der Waals surface area (Å²) in [6.07, 6.45) is 1.25. The number of aliphatic hydroxyl groups excluding tert-OH is 1. The lowest BCUT2D eigenvalue weighted by Gasteiger charge is -2.09. The minimum Gasteiger partial charge on any atom is -0.388 e. The molecule has 0 heterocycles. The van der Waals surface area contributed by atoms with Gasteiger partial charge in [-0.1, -0.05) is 42.5 Å². The highest BCUT2D eigenvalue weighted by molar-refractivity contribution is 5.82. The number of amides is 1. The van der Waals surface area contributed by atoms with Gasteiger partial charge in [0, 0.05) is 6.42 Å². The number of carbonyl (C=O) groups is 1. The third kappa shape index (κ3) is 5.10. The molecule has 0 spiro atoms. The van der Waals surface area contributed by atoms with Gasteiger partial charge in [-0.15, -0.1) is 0 Å². The molecule has 5 heteroatoms. The quantitative estimate of drug-likeness (QED) is 0.636. The van der Waals surface area contributed by atoms with E-state index in [-0.39, 0.29) is 18.1 Å². The summed E-state index contributed by atoms with van der Waals surface area (Å²) in [6, 6.07) is 14.9. The highest BCUT2D eigenvalue weighted by Crippen LogP contribution is 2.17. The Morgan fingerprint density at radius 3 is 2.55 bits per heavy atom. The van der Waals surface area contributed by atoms with Gasteiger partial charge in [0.05, 0.1) is 12.3 Å². The van der Waals surface area contributed by atoms with Crippen LogP contribution in [0.4, 0.5) is 4.39 Å². The van der Waals surface area contributed by atoms with Gasteiger partial charge in [0.15, 0.2) is 0 Å². The fraction of sp³-hybridized carbons (Fsp3) is 0.176. The number of hydrogen-bond donors (Lipinski definition) is 2. The lowest BCUT2D eigenvalue weighted by Crippen LogP contribution is -2.18. The van der Waals surface area contributed by atoms with Crippen molar-refractivity contribution in [3.63, 3.8) is 0 Å². The Kier molecular flexibility index (Phi) is 5.80. The molecule has 0 bridgehead atoms. The van der Waals surface area contributed by atoms with Gasteiger partial charge in [0.2, 0.25) is 5.91 Å². The molecule has 114 valence electrons. The van der Waals surface area contributed by atoms with Crippen molar-refractivity contribution >= 4 is 12.1 Å². The molecule has 2 aromatic rings. The fourth-order valence-corrected chi connectivity index (χ4v) is 1.89. The number of carbonyl (C=O) groups excluding carboxylic acids is 1. The Hall–Kier alpha value is -2.53. The fourth-order valence-electron chi connectivity index (χ4n) is 1.89. The van der Waals surface area contributed by atoms with Crippen LogP contribution in [0, 0.1) is 5.82 Å². The average Bonchev–Trinajstić information content (AvgIpc) is 2.55. The maximum Gasteiger partial charge on any atom is 0.240 e. The molecule has 0 fully saturated rings. The van der Waals surface area contributed by atoms with Crippen molar-refractivity contribution in [3.05, 3.63) is 71.5 Å². The molecule has 2 rings (SSSR count). The van der Waals surface area contributed by atoms with Crippen LogP contribution in [0.25, 0.3) is 0 Å². The molecular formula is C17H17FN2O2. The van der Waals surface area contributed by atoms with Crippen LogP contribution < -0.4 is 5.43 Å². The van der Waals surface area contributed by atoms with Crippen molar-refractivity contribution in [1.82, 2.24) is 5.43 Å². The van der Waals surface area contributed by atoms with Crippen LogP contribution in [0.2, 0.25) is 0 Å². The maximum absolute atomic E-state index is 12.7. The molecule has 0 aliphatic carbocycles. The van der Waals surface area contributed by atoms with E-state index in [2.05, 4.69) is 10.5 Å². The maximum atomic E-state index is 12.7. The van der Waals surface area contributed by atoms with Gasteiger partial charge >= 0.3 is 0 Å². The standard InChI is InChI=1S/C17H17FN2O2/c18-15-8-6-13(7-9-15)12-19-20-17(22)11-10-16(21)14-4-2-1-3-5-14/h1-9,12,16,21H,10-11H2,(H,20,22)/b19-12-/t16-/m1/s1. The number of hydrogen-bond acceptors (Lipinski definition) is 3. The summed E-state index contributed by atoms with van der Waals surface area (Å²) in [5, 5.41) is 13.7. The Morgan fingerprint density at radius 2 is 1.86 bits per heavy atom. The summed E-state index contributed by atoms with van der Waals surface area (Å²) >= 11 is 0.